The van der Waals surface area contributed by atoms with Crippen LogP contribution in [0.25, 0.3) is 21.0 Å². The number of para-hydroxylation sites is 1. The Morgan fingerprint density at radius 3 is 2.59 bits per heavy atom. The minimum absolute atomic E-state index is 0.223. The third-order valence-corrected chi connectivity index (χ3v) is 9.40. The van der Waals surface area contributed by atoms with Gasteiger partial charge in [-0.05, 0) is 30.3 Å². The number of carbonyl (C=O) groups excluding carboxylic acids is 2. The zero-order valence-electron chi connectivity index (χ0n) is 21.0. The lowest BCUT2D eigenvalue weighted by Crippen LogP contribution is -2.44. The van der Waals surface area contributed by atoms with E-state index in [1.54, 1.807) is 27.8 Å². The van der Waals surface area contributed by atoms with Crippen molar-refractivity contribution in [1.82, 2.24) is 30.2 Å². The summed E-state index contributed by atoms with van der Waals surface area (Å²) < 4.78 is 3.85. The van der Waals surface area contributed by atoms with E-state index in [1.165, 1.54) is 4.90 Å². The summed E-state index contributed by atoms with van der Waals surface area (Å²) in [7, 11) is 0. The molecule has 11 heteroatoms. The van der Waals surface area contributed by atoms with Gasteiger partial charge < -0.3 is 10.2 Å². The Kier molecular flexibility index (Phi) is 6.26. The van der Waals surface area contributed by atoms with Crippen molar-refractivity contribution in [2.75, 3.05) is 37.6 Å². The quantitative estimate of drug-likeness (QED) is 0.238. The number of fused-ring (bicyclic) bond motifs is 1. The number of anilines is 1. The molecule has 0 unspecified atom stereocenters. The van der Waals surface area contributed by atoms with Crippen LogP contribution < -0.4 is 10.2 Å². The van der Waals surface area contributed by atoms with Gasteiger partial charge in [0.05, 0.1) is 22.5 Å². The van der Waals surface area contributed by atoms with E-state index >= 15 is 0 Å². The third-order valence-electron chi connectivity index (χ3n) is 7.18. The molecule has 39 heavy (non-hydrogen) atoms. The van der Waals surface area contributed by atoms with Gasteiger partial charge in [-0.15, -0.1) is 16.4 Å². The minimum atomic E-state index is -0.262. The molecule has 0 saturated carbocycles. The van der Waals surface area contributed by atoms with E-state index in [9.17, 15) is 9.59 Å². The van der Waals surface area contributed by atoms with Gasteiger partial charge in [0.2, 0.25) is 0 Å². The molecule has 196 valence electrons. The van der Waals surface area contributed by atoms with E-state index in [0.717, 1.165) is 62.9 Å². The van der Waals surface area contributed by atoms with Gasteiger partial charge in [-0.1, -0.05) is 41.2 Å². The summed E-state index contributed by atoms with van der Waals surface area (Å²) >= 11 is 3.29. The maximum atomic E-state index is 13.5. The fraction of sp³-hybridized carbons (Fsp3) is 0.250. The number of piperazine rings is 1. The van der Waals surface area contributed by atoms with E-state index in [-0.39, 0.29) is 18.4 Å². The van der Waals surface area contributed by atoms with Crippen molar-refractivity contribution in [1.29, 1.82) is 0 Å². The number of rotatable bonds is 7. The van der Waals surface area contributed by atoms with Gasteiger partial charge in [0, 0.05) is 72.3 Å². The molecule has 4 heterocycles. The first-order chi connectivity index (χ1) is 19.2. The van der Waals surface area contributed by atoms with Gasteiger partial charge >= 0.3 is 0 Å². The van der Waals surface area contributed by atoms with Crippen LogP contribution in [-0.2, 0) is 12.3 Å². The molecule has 7 rings (SSSR count). The van der Waals surface area contributed by atoms with Crippen LogP contribution in [0.1, 0.15) is 26.4 Å². The Bertz CT molecular complexity index is 1670. The summed E-state index contributed by atoms with van der Waals surface area (Å²) in [6.07, 6.45) is 1.87. The smallest absolute Gasteiger partial charge is 0.261 e. The standard InChI is InChI=1S/C28H25N7O2S2/c36-26-20-5-3-4-19-23(33-12-10-29-11-13-33)9-8-21(25(19)20)27(37)35(26)15-14-34-16-18(31-32-34)17-38-28-30-22-6-1-2-7-24(22)39-28/h1-9,16,29H,10-15,17H2. The number of hydrogen-bond donors (Lipinski definition) is 1. The van der Waals surface area contributed by atoms with Crippen LogP contribution in [-0.4, -0.2) is 69.4 Å². The highest BCUT2D eigenvalue weighted by Gasteiger charge is 2.33. The van der Waals surface area contributed by atoms with Gasteiger partial charge in [0.1, 0.15) is 0 Å². The number of benzene rings is 3. The number of carbonyl (C=O) groups is 2. The third kappa shape index (κ3) is 4.46. The molecule has 3 aromatic carbocycles. The van der Waals surface area contributed by atoms with Gasteiger partial charge in [0.15, 0.2) is 4.34 Å². The number of thiazole rings is 1. The van der Waals surface area contributed by atoms with Crippen LogP contribution in [0.3, 0.4) is 0 Å². The largest absolute Gasteiger partial charge is 0.368 e. The Morgan fingerprint density at radius 2 is 1.74 bits per heavy atom. The topological polar surface area (TPSA) is 96.2 Å². The SMILES string of the molecule is O=C1c2cccc3c(N4CCNCC4)ccc(c23)C(=O)N1CCn1cc(CSc2nc3ccccc3s2)nn1. The predicted molar refractivity (Wildman–Crippen MR) is 154 cm³/mol. The van der Waals surface area contributed by atoms with Crippen molar-refractivity contribution in [3.8, 4) is 0 Å². The highest BCUT2D eigenvalue weighted by Crippen LogP contribution is 2.36. The average Bonchev–Trinajstić information content (AvgIpc) is 3.61. The van der Waals surface area contributed by atoms with Gasteiger partial charge in [-0.3, -0.25) is 19.2 Å². The first-order valence-electron chi connectivity index (χ1n) is 12.9. The normalized spacial score (nSPS) is 15.6. The molecule has 2 amide bonds. The molecule has 1 fully saturated rings. The molecule has 1 saturated heterocycles. The molecule has 0 radical (unpaired) electrons. The monoisotopic (exact) mass is 555 g/mol. The van der Waals surface area contributed by atoms with Crippen LogP contribution in [0.15, 0.2) is 65.1 Å². The molecule has 0 spiro atoms. The molecule has 0 atom stereocenters. The van der Waals surface area contributed by atoms with E-state index in [1.807, 2.05) is 54.7 Å². The molecule has 2 aliphatic rings. The highest BCUT2D eigenvalue weighted by atomic mass is 32.2. The molecule has 0 aliphatic carbocycles. The Hall–Kier alpha value is -3.80. The molecule has 1 N–H and O–H groups in total. The molecular formula is C28H25N7O2S2. The van der Waals surface area contributed by atoms with Crippen LogP contribution >= 0.6 is 23.1 Å². The summed E-state index contributed by atoms with van der Waals surface area (Å²) in [6, 6.07) is 17.7. The Balaban J connectivity index is 1.06. The Morgan fingerprint density at radius 1 is 0.923 bits per heavy atom. The summed E-state index contributed by atoms with van der Waals surface area (Å²) in [6.45, 7) is 4.22. The van der Waals surface area contributed by atoms with Crippen molar-refractivity contribution in [2.24, 2.45) is 0 Å². The van der Waals surface area contributed by atoms with Crippen molar-refractivity contribution in [3.05, 3.63) is 77.6 Å². The number of nitrogens with one attached hydrogen (secondary N) is 1. The number of imide groups is 1. The number of nitrogens with zero attached hydrogens (tertiary/aromatic N) is 6. The van der Waals surface area contributed by atoms with Crippen LogP contribution in [0.4, 0.5) is 5.69 Å². The van der Waals surface area contributed by atoms with E-state index < -0.39 is 0 Å². The second-order valence-corrected chi connectivity index (χ2v) is 11.8. The fourth-order valence-electron chi connectivity index (χ4n) is 5.28. The predicted octanol–water partition coefficient (Wildman–Crippen LogP) is 4.04. The molecule has 5 aromatic rings. The van der Waals surface area contributed by atoms with Crippen LogP contribution in [0.2, 0.25) is 0 Å². The summed E-state index contributed by atoms with van der Waals surface area (Å²) in [5.41, 5.74) is 4.05. The van der Waals surface area contributed by atoms with E-state index in [4.69, 9.17) is 0 Å². The van der Waals surface area contributed by atoms with Gasteiger partial charge in [-0.25, -0.2) is 4.98 Å². The lowest BCUT2D eigenvalue weighted by molar-refractivity contribution is 0.0603. The zero-order valence-corrected chi connectivity index (χ0v) is 22.7. The van der Waals surface area contributed by atoms with Crippen molar-refractivity contribution in [3.63, 3.8) is 0 Å². The number of amides is 2. The first-order valence-corrected chi connectivity index (χ1v) is 14.7. The molecule has 2 aromatic heterocycles. The summed E-state index contributed by atoms with van der Waals surface area (Å²) in [5.74, 6) is 0.121. The zero-order chi connectivity index (χ0) is 26.3. The van der Waals surface area contributed by atoms with E-state index in [2.05, 4.69) is 31.6 Å². The van der Waals surface area contributed by atoms with Gasteiger partial charge in [-0.2, -0.15) is 0 Å². The number of hydrogen-bond acceptors (Lipinski definition) is 9. The average molecular weight is 556 g/mol. The minimum Gasteiger partial charge on any atom is -0.368 e. The number of aromatic nitrogens is 4. The molecular weight excluding hydrogens is 530 g/mol. The van der Waals surface area contributed by atoms with Crippen LogP contribution in [0.5, 0.6) is 0 Å². The second kappa shape index (κ2) is 10.1. The lowest BCUT2D eigenvalue weighted by Gasteiger charge is -2.32. The van der Waals surface area contributed by atoms with Crippen molar-refractivity contribution < 1.29 is 9.59 Å². The fourth-order valence-corrected chi connectivity index (χ4v) is 7.23. The first kappa shape index (κ1) is 24.3. The molecule has 0 bridgehead atoms. The maximum Gasteiger partial charge on any atom is 0.261 e. The lowest BCUT2D eigenvalue weighted by atomic mass is 9.92. The molecule has 2 aliphatic heterocycles. The van der Waals surface area contributed by atoms with Crippen LogP contribution in [0, 0.1) is 0 Å². The Labute approximate surface area is 232 Å². The summed E-state index contributed by atoms with van der Waals surface area (Å²) in [5, 5.41) is 13.6. The molecule has 9 nitrogen and oxygen atoms in total. The number of thioether (sulfide) groups is 1. The van der Waals surface area contributed by atoms with E-state index in [0.29, 0.717) is 23.4 Å². The summed E-state index contributed by atoms with van der Waals surface area (Å²) in [4.78, 5) is 35.3. The second-order valence-electron chi connectivity index (χ2n) is 9.57. The maximum absolute atomic E-state index is 13.5. The van der Waals surface area contributed by atoms with Crippen molar-refractivity contribution in [2.45, 2.75) is 16.6 Å². The van der Waals surface area contributed by atoms with Crippen molar-refractivity contribution >= 4 is 61.6 Å². The highest BCUT2D eigenvalue weighted by molar-refractivity contribution is 8.00. The van der Waals surface area contributed by atoms with Gasteiger partial charge in [0.25, 0.3) is 11.8 Å².